The second-order valence-electron chi connectivity index (χ2n) is 9.78. The second-order valence-corrected chi connectivity index (χ2v) is 10.7. The summed E-state index contributed by atoms with van der Waals surface area (Å²) in [7, 11) is 1.53. The number of aromatic hydroxyl groups is 1. The number of nitrogen functional groups attached to an aromatic ring is 2. The second kappa shape index (κ2) is 13.5. The lowest BCUT2D eigenvalue weighted by Gasteiger charge is -2.09. The number of hydrogen-bond acceptors (Lipinski definition) is 10. The molecule has 0 atom stereocenters. The molecule has 14 nitrogen and oxygen atoms in total. The molecule has 0 spiro atoms. The van der Waals surface area contributed by atoms with E-state index in [2.05, 4.69) is 29.9 Å². The standard InChI is InChI=1S/C16H14ClN5O2.C15H12ClN5O2/c1-24-13-3-2-8(17)6-9(13)14-10(15(18)23)7-12(21-14)11-4-5-20-16(19)22-11;16-7-1-2-12(22)8(5-7)13-9(14(17)23)6-11(20-13)10-3-4-19-15(18)21-10/h2-7,21H,1H3,(H2,18,23)(H2,19,20,22);1-6,20,22H,(H2,17,23)(H2,18,19,21). The Morgan fingerprint density at radius 1 is 0.723 bits per heavy atom. The van der Waals surface area contributed by atoms with Gasteiger partial charge in [-0.15, -0.1) is 0 Å². The van der Waals surface area contributed by atoms with E-state index in [1.165, 1.54) is 31.6 Å². The van der Waals surface area contributed by atoms with E-state index in [4.69, 9.17) is 50.9 Å². The lowest BCUT2D eigenvalue weighted by Crippen LogP contribution is -2.11. The van der Waals surface area contributed by atoms with Crippen molar-refractivity contribution in [2.24, 2.45) is 11.5 Å². The maximum atomic E-state index is 11.9. The summed E-state index contributed by atoms with van der Waals surface area (Å²) in [4.78, 5) is 45.7. The van der Waals surface area contributed by atoms with Gasteiger partial charge in [0.25, 0.3) is 11.8 Å². The number of nitrogens with two attached hydrogens (primary N) is 4. The number of hydrogen-bond donors (Lipinski definition) is 7. The number of carbonyl (C=O) groups excluding carboxylic acids is 2. The third kappa shape index (κ3) is 7.08. The van der Waals surface area contributed by atoms with Gasteiger partial charge in [0.15, 0.2) is 0 Å². The van der Waals surface area contributed by atoms with Gasteiger partial charge in [0.1, 0.15) is 11.5 Å². The molecule has 11 N–H and O–H groups in total. The highest BCUT2D eigenvalue weighted by Gasteiger charge is 2.21. The predicted octanol–water partition coefficient (Wildman–Crippen LogP) is 4.66. The van der Waals surface area contributed by atoms with Crippen molar-refractivity contribution in [2.75, 3.05) is 18.6 Å². The first-order valence-electron chi connectivity index (χ1n) is 13.5. The Morgan fingerprint density at radius 2 is 1.19 bits per heavy atom. The molecule has 16 heteroatoms. The van der Waals surface area contributed by atoms with Crippen molar-refractivity contribution in [1.29, 1.82) is 0 Å². The largest absolute Gasteiger partial charge is 0.507 e. The SMILES string of the molecule is COc1ccc(Cl)cc1-c1[nH]c(-c2ccnc(N)n2)cc1C(N)=O.NC(=O)c1cc(-c2ccnc(N)n2)[nH]c1-c1cc(Cl)ccc1O. The van der Waals surface area contributed by atoms with Crippen molar-refractivity contribution in [3.05, 3.63) is 94.2 Å². The number of H-pyrrole nitrogens is 2. The number of aromatic nitrogens is 6. The Bertz CT molecular complexity index is 2130. The lowest BCUT2D eigenvalue weighted by molar-refractivity contribution is 0.0992. The summed E-state index contributed by atoms with van der Waals surface area (Å²) >= 11 is 12.0. The third-order valence-corrected chi connectivity index (χ3v) is 7.20. The third-order valence-electron chi connectivity index (χ3n) is 6.73. The van der Waals surface area contributed by atoms with Crippen LogP contribution < -0.4 is 27.7 Å². The van der Waals surface area contributed by atoms with Gasteiger partial charge in [0.05, 0.1) is 52.4 Å². The Kier molecular flexibility index (Phi) is 9.26. The minimum absolute atomic E-state index is 0.0347. The number of phenols is 1. The Balaban J connectivity index is 0.000000185. The Hall–Kier alpha value is -6.12. The molecule has 4 heterocycles. The van der Waals surface area contributed by atoms with Crippen LogP contribution in [0.1, 0.15) is 20.7 Å². The molecule has 0 aliphatic rings. The first-order chi connectivity index (χ1) is 22.4. The molecule has 0 aliphatic carbocycles. The molecule has 2 aromatic carbocycles. The van der Waals surface area contributed by atoms with E-state index in [-0.39, 0.29) is 23.2 Å². The zero-order valence-corrected chi connectivity index (χ0v) is 26.0. The molecule has 0 aliphatic heterocycles. The summed E-state index contributed by atoms with van der Waals surface area (Å²) in [5.41, 5.74) is 26.6. The number of amides is 2. The summed E-state index contributed by atoms with van der Waals surface area (Å²) in [5.74, 6) is -0.486. The fourth-order valence-electron chi connectivity index (χ4n) is 4.63. The van der Waals surface area contributed by atoms with Crippen LogP contribution in [-0.2, 0) is 0 Å². The van der Waals surface area contributed by atoms with Crippen LogP contribution in [0.25, 0.3) is 45.3 Å². The van der Waals surface area contributed by atoms with Crippen LogP contribution in [-0.4, -0.2) is 53.9 Å². The summed E-state index contributed by atoms with van der Waals surface area (Å²) < 4.78 is 5.35. The molecular formula is C31H26Cl2N10O4. The quantitative estimate of drug-likeness (QED) is 0.123. The molecule has 0 unspecified atom stereocenters. The van der Waals surface area contributed by atoms with Gasteiger partial charge in [0.2, 0.25) is 11.9 Å². The number of methoxy groups -OCH3 is 1. The van der Waals surface area contributed by atoms with Crippen LogP contribution in [0.4, 0.5) is 11.9 Å². The first-order valence-corrected chi connectivity index (χ1v) is 14.3. The molecule has 0 saturated heterocycles. The molecule has 0 saturated carbocycles. The van der Waals surface area contributed by atoms with E-state index in [1.807, 2.05) is 0 Å². The zero-order chi connectivity index (χ0) is 33.8. The minimum atomic E-state index is -0.649. The van der Waals surface area contributed by atoms with Crippen molar-refractivity contribution >= 4 is 46.9 Å². The number of ether oxygens (including phenoxy) is 1. The number of rotatable bonds is 7. The highest BCUT2D eigenvalue weighted by atomic mass is 35.5. The molecule has 238 valence electrons. The summed E-state index contributed by atoms with van der Waals surface area (Å²) in [5, 5.41) is 11.0. The van der Waals surface area contributed by atoms with Crippen LogP contribution in [0.3, 0.4) is 0 Å². The van der Waals surface area contributed by atoms with Crippen molar-refractivity contribution < 1.29 is 19.4 Å². The van der Waals surface area contributed by atoms with Crippen molar-refractivity contribution in [3.8, 4) is 56.8 Å². The van der Waals surface area contributed by atoms with Crippen molar-refractivity contribution in [3.63, 3.8) is 0 Å². The van der Waals surface area contributed by atoms with Crippen LogP contribution in [0, 0.1) is 0 Å². The van der Waals surface area contributed by atoms with Gasteiger partial charge in [-0.25, -0.2) is 19.9 Å². The van der Waals surface area contributed by atoms with E-state index >= 15 is 0 Å². The van der Waals surface area contributed by atoms with E-state index in [0.717, 1.165) is 0 Å². The number of phenolic OH excluding ortho intramolecular Hbond substituents is 1. The first kappa shape index (κ1) is 32.3. The average molecular weight is 674 g/mol. The van der Waals surface area contributed by atoms with Crippen molar-refractivity contribution in [1.82, 2.24) is 29.9 Å². The minimum Gasteiger partial charge on any atom is -0.507 e. The summed E-state index contributed by atoms with van der Waals surface area (Å²) in [6, 6.07) is 16.1. The van der Waals surface area contributed by atoms with E-state index < -0.39 is 11.8 Å². The molecular weight excluding hydrogens is 647 g/mol. The Morgan fingerprint density at radius 3 is 1.66 bits per heavy atom. The van der Waals surface area contributed by atoms with Gasteiger partial charge in [-0.1, -0.05) is 23.2 Å². The normalized spacial score (nSPS) is 10.6. The molecule has 0 radical (unpaired) electrons. The van der Waals surface area contributed by atoms with E-state index in [0.29, 0.717) is 66.6 Å². The van der Waals surface area contributed by atoms with Crippen LogP contribution >= 0.6 is 23.2 Å². The summed E-state index contributed by atoms with van der Waals surface area (Å²) in [6.07, 6.45) is 3.03. The van der Waals surface area contributed by atoms with Crippen LogP contribution in [0.15, 0.2) is 73.1 Å². The van der Waals surface area contributed by atoms with E-state index in [1.54, 1.807) is 48.5 Å². The summed E-state index contributed by atoms with van der Waals surface area (Å²) in [6.45, 7) is 0. The van der Waals surface area contributed by atoms with Crippen LogP contribution in [0.5, 0.6) is 11.5 Å². The molecule has 6 aromatic rings. The van der Waals surface area contributed by atoms with Crippen molar-refractivity contribution in [2.45, 2.75) is 0 Å². The lowest BCUT2D eigenvalue weighted by atomic mass is 10.1. The topological polar surface area (TPSA) is 251 Å². The van der Waals surface area contributed by atoms with Gasteiger partial charge in [-0.3, -0.25) is 9.59 Å². The highest BCUT2D eigenvalue weighted by molar-refractivity contribution is 6.31. The number of nitrogens with one attached hydrogen (secondary N) is 2. The number of primary amides is 2. The Labute approximate surface area is 276 Å². The maximum absolute atomic E-state index is 11.9. The molecule has 0 bridgehead atoms. The van der Waals surface area contributed by atoms with Crippen LogP contribution in [0.2, 0.25) is 10.0 Å². The zero-order valence-electron chi connectivity index (χ0n) is 24.5. The van der Waals surface area contributed by atoms with Gasteiger partial charge < -0.3 is 42.7 Å². The van der Waals surface area contributed by atoms with Gasteiger partial charge in [0, 0.05) is 33.6 Å². The number of halogens is 2. The molecule has 4 aromatic heterocycles. The number of anilines is 2. The molecule has 0 fully saturated rings. The molecule has 2 amide bonds. The number of benzene rings is 2. The molecule has 6 rings (SSSR count). The highest BCUT2D eigenvalue weighted by Crippen LogP contribution is 2.37. The number of nitrogens with zero attached hydrogens (tertiary/aromatic N) is 4. The fourth-order valence-corrected chi connectivity index (χ4v) is 4.97. The average Bonchev–Trinajstić information content (AvgIpc) is 3.69. The van der Waals surface area contributed by atoms with E-state index in [9.17, 15) is 14.7 Å². The smallest absolute Gasteiger partial charge is 0.250 e. The molecule has 47 heavy (non-hydrogen) atoms. The predicted molar refractivity (Wildman–Crippen MR) is 179 cm³/mol. The number of carbonyl (C=O) groups is 2. The van der Waals surface area contributed by atoms with Gasteiger partial charge in [-0.05, 0) is 60.7 Å². The fraction of sp³-hybridized carbons (Fsp3) is 0.0323. The van der Waals surface area contributed by atoms with Gasteiger partial charge in [-0.2, -0.15) is 0 Å². The number of aromatic amines is 2. The monoisotopic (exact) mass is 672 g/mol. The van der Waals surface area contributed by atoms with Gasteiger partial charge >= 0.3 is 0 Å². The maximum Gasteiger partial charge on any atom is 0.250 e.